The third kappa shape index (κ3) is 3.08. The lowest BCUT2D eigenvalue weighted by Gasteiger charge is -2.12. The van der Waals surface area contributed by atoms with Gasteiger partial charge in [0.2, 0.25) is 0 Å². The highest BCUT2D eigenvalue weighted by Crippen LogP contribution is 2.32. The molecular weight excluding hydrogens is 303 g/mol. The van der Waals surface area contributed by atoms with E-state index in [1.807, 2.05) is 30.3 Å². The SMILES string of the molecule is Fc1cccc(Br)c1C(Cl)Cc1ccccc1. The number of halogens is 3. The molecule has 1 unspecified atom stereocenters. The molecule has 2 aromatic rings. The zero-order valence-corrected chi connectivity index (χ0v) is 11.4. The van der Waals surface area contributed by atoms with Crippen LogP contribution in [0.5, 0.6) is 0 Å². The third-order valence-corrected chi connectivity index (χ3v) is 3.63. The summed E-state index contributed by atoms with van der Waals surface area (Å²) in [4.78, 5) is 0. The van der Waals surface area contributed by atoms with Gasteiger partial charge in [-0.15, -0.1) is 11.6 Å². The topological polar surface area (TPSA) is 0 Å². The average molecular weight is 314 g/mol. The minimum atomic E-state index is -0.368. The smallest absolute Gasteiger partial charge is 0.129 e. The maximum atomic E-state index is 13.7. The number of hydrogen-bond acceptors (Lipinski definition) is 0. The van der Waals surface area contributed by atoms with Crippen LogP contribution in [0.3, 0.4) is 0 Å². The summed E-state index contributed by atoms with van der Waals surface area (Å²) < 4.78 is 14.4. The van der Waals surface area contributed by atoms with Gasteiger partial charge < -0.3 is 0 Å². The van der Waals surface area contributed by atoms with Crippen LogP contribution in [0.25, 0.3) is 0 Å². The van der Waals surface area contributed by atoms with Crippen molar-refractivity contribution in [2.24, 2.45) is 0 Å². The van der Waals surface area contributed by atoms with Gasteiger partial charge in [0, 0.05) is 10.0 Å². The molecule has 0 aliphatic heterocycles. The zero-order chi connectivity index (χ0) is 12.3. The summed E-state index contributed by atoms with van der Waals surface area (Å²) in [5.74, 6) is -0.268. The summed E-state index contributed by atoms with van der Waals surface area (Å²) in [6.45, 7) is 0. The fourth-order valence-electron chi connectivity index (χ4n) is 1.73. The molecule has 0 bridgehead atoms. The van der Waals surface area contributed by atoms with Crippen molar-refractivity contribution in [1.29, 1.82) is 0 Å². The second kappa shape index (κ2) is 5.65. The van der Waals surface area contributed by atoms with Crippen LogP contribution in [-0.4, -0.2) is 0 Å². The van der Waals surface area contributed by atoms with E-state index in [-0.39, 0.29) is 11.2 Å². The Morgan fingerprint density at radius 3 is 2.41 bits per heavy atom. The van der Waals surface area contributed by atoms with E-state index in [2.05, 4.69) is 15.9 Å². The van der Waals surface area contributed by atoms with E-state index in [4.69, 9.17) is 11.6 Å². The van der Waals surface area contributed by atoms with Crippen LogP contribution in [0.15, 0.2) is 53.0 Å². The molecule has 0 N–H and O–H groups in total. The van der Waals surface area contributed by atoms with Crippen molar-refractivity contribution in [1.82, 2.24) is 0 Å². The van der Waals surface area contributed by atoms with Crippen molar-refractivity contribution in [2.75, 3.05) is 0 Å². The number of alkyl halides is 1. The number of benzene rings is 2. The molecule has 2 rings (SSSR count). The molecule has 3 heteroatoms. The standard InChI is InChI=1S/C14H11BrClF/c15-11-7-4-8-13(17)14(11)12(16)9-10-5-2-1-3-6-10/h1-8,12H,9H2. The maximum Gasteiger partial charge on any atom is 0.129 e. The summed E-state index contributed by atoms with van der Waals surface area (Å²) in [6.07, 6.45) is 0.613. The first-order valence-corrected chi connectivity index (χ1v) is 6.53. The molecule has 0 aliphatic rings. The Hall–Kier alpha value is -0.860. The lowest BCUT2D eigenvalue weighted by atomic mass is 10.0. The summed E-state index contributed by atoms with van der Waals surface area (Å²) in [5.41, 5.74) is 1.63. The predicted molar refractivity (Wildman–Crippen MR) is 72.8 cm³/mol. The first-order valence-electron chi connectivity index (χ1n) is 5.30. The van der Waals surface area contributed by atoms with Crippen molar-refractivity contribution < 1.29 is 4.39 Å². The Morgan fingerprint density at radius 2 is 1.76 bits per heavy atom. The van der Waals surface area contributed by atoms with Gasteiger partial charge in [-0.1, -0.05) is 52.3 Å². The van der Waals surface area contributed by atoms with Gasteiger partial charge in [-0.3, -0.25) is 0 Å². The Labute approximate surface area is 114 Å². The second-order valence-electron chi connectivity index (χ2n) is 3.79. The zero-order valence-electron chi connectivity index (χ0n) is 9.04. The lowest BCUT2D eigenvalue weighted by Crippen LogP contribution is -2.00. The largest absolute Gasteiger partial charge is 0.207 e. The molecule has 0 nitrogen and oxygen atoms in total. The van der Waals surface area contributed by atoms with Crippen molar-refractivity contribution >= 4 is 27.5 Å². The van der Waals surface area contributed by atoms with E-state index in [0.29, 0.717) is 16.5 Å². The molecule has 17 heavy (non-hydrogen) atoms. The first-order chi connectivity index (χ1) is 8.18. The Bertz CT molecular complexity index is 479. The minimum Gasteiger partial charge on any atom is -0.207 e. The number of hydrogen-bond donors (Lipinski definition) is 0. The minimum absolute atomic E-state index is 0.268. The third-order valence-electron chi connectivity index (χ3n) is 2.57. The summed E-state index contributed by atoms with van der Waals surface area (Å²) in [7, 11) is 0. The molecule has 0 fully saturated rings. The van der Waals surface area contributed by atoms with E-state index in [1.165, 1.54) is 6.07 Å². The highest BCUT2D eigenvalue weighted by atomic mass is 79.9. The molecule has 2 aromatic carbocycles. The quantitative estimate of drug-likeness (QED) is 0.691. The lowest BCUT2D eigenvalue weighted by molar-refractivity contribution is 0.604. The molecule has 1 atom stereocenters. The Morgan fingerprint density at radius 1 is 1.06 bits per heavy atom. The average Bonchev–Trinajstić information content (AvgIpc) is 2.30. The van der Waals surface area contributed by atoms with Gasteiger partial charge in [-0.2, -0.15) is 0 Å². The van der Waals surface area contributed by atoms with E-state index < -0.39 is 0 Å². The molecule has 0 heterocycles. The van der Waals surface area contributed by atoms with E-state index in [0.717, 1.165) is 5.56 Å². The highest BCUT2D eigenvalue weighted by Gasteiger charge is 2.16. The Balaban J connectivity index is 2.23. The molecule has 0 saturated heterocycles. The van der Waals surface area contributed by atoms with Crippen LogP contribution in [0.2, 0.25) is 0 Å². The van der Waals surface area contributed by atoms with Crippen molar-refractivity contribution in [2.45, 2.75) is 11.8 Å². The van der Waals surface area contributed by atoms with Crippen LogP contribution in [-0.2, 0) is 6.42 Å². The van der Waals surface area contributed by atoms with Crippen LogP contribution in [0.1, 0.15) is 16.5 Å². The molecular formula is C14H11BrClF. The molecule has 0 radical (unpaired) electrons. The van der Waals surface area contributed by atoms with Gasteiger partial charge in [0.1, 0.15) is 5.82 Å². The molecule has 0 spiro atoms. The Kier molecular flexibility index (Phi) is 4.19. The van der Waals surface area contributed by atoms with Gasteiger partial charge in [-0.25, -0.2) is 4.39 Å². The monoisotopic (exact) mass is 312 g/mol. The molecule has 88 valence electrons. The first kappa shape index (κ1) is 12.6. The molecule has 0 amide bonds. The van der Waals surface area contributed by atoms with Gasteiger partial charge in [0.05, 0.1) is 5.38 Å². The van der Waals surface area contributed by atoms with Crippen LogP contribution in [0.4, 0.5) is 4.39 Å². The summed E-state index contributed by atoms with van der Waals surface area (Å²) in [5, 5.41) is -0.368. The van der Waals surface area contributed by atoms with Crippen LogP contribution < -0.4 is 0 Å². The predicted octanol–water partition coefficient (Wildman–Crippen LogP) is 5.11. The number of rotatable bonds is 3. The van der Waals surface area contributed by atoms with Crippen molar-refractivity contribution in [3.8, 4) is 0 Å². The van der Waals surface area contributed by atoms with Gasteiger partial charge in [0.15, 0.2) is 0 Å². The fourth-order valence-corrected chi connectivity index (χ4v) is 2.88. The van der Waals surface area contributed by atoms with Gasteiger partial charge in [0.25, 0.3) is 0 Å². The molecule has 0 aromatic heterocycles. The molecule has 0 aliphatic carbocycles. The second-order valence-corrected chi connectivity index (χ2v) is 5.17. The van der Waals surface area contributed by atoms with Crippen molar-refractivity contribution in [3.05, 3.63) is 69.9 Å². The summed E-state index contributed by atoms with van der Waals surface area (Å²) in [6, 6.07) is 14.7. The van der Waals surface area contributed by atoms with E-state index >= 15 is 0 Å². The van der Waals surface area contributed by atoms with Crippen LogP contribution >= 0.6 is 27.5 Å². The summed E-state index contributed by atoms with van der Waals surface area (Å²) >= 11 is 9.62. The van der Waals surface area contributed by atoms with E-state index in [1.54, 1.807) is 12.1 Å². The normalized spacial score (nSPS) is 12.4. The maximum absolute atomic E-state index is 13.7. The van der Waals surface area contributed by atoms with Gasteiger partial charge >= 0.3 is 0 Å². The van der Waals surface area contributed by atoms with Crippen molar-refractivity contribution in [3.63, 3.8) is 0 Å². The highest BCUT2D eigenvalue weighted by molar-refractivity contribution is 9.10. The van der Waals surface area contributed by atoms with Gasteiger partial charge in [-0.05, 0) is 24.1 Å². The van der Waals surface area contributed by atoms with E-state index in [9.17, 15) is 4.39 Å². The molecule has 0 saturated carbocycles. The van der Waals surface area contributed by atoms with Crippen LogP contribution in [0, 0.1) is 5.82 Å². The fraction of sp³-hybridized carbons (Fsp3) is 0.143.